The molecule has 3 amide bonds. The molecule has 4 rings (SSSR count). The second-order valence-electron chi connectivity index (χ2n) is 9.43. The van der Waals surface area contributed by atoms with Gasteiger partial charge in [-0.15, -0.1) is 10.2 Å². The van der Waals surface area contributed by atoms with E-state index in [1.54, 1.807) is 23.0 Å². The minimum absolute atomic E-state index is 0.0162. The van der Waals surface area contributed by atoms with E-state index in [0.717, 1.165) is 18.4 Å². The molecule has 41 heavy (non-hydrogen) atoms. The lowest BCUT2D eigenvalue weighted by molar-refractivity contribution is -0.124. The van der Waals surface area contributed by atoms with Crippen LogP contribution in [0.4, 0.5) is 17.2 Å². The zero-order chi connectivity index (χ0) is 29.6. The molecule has 0 unspecified atom stereocenters. The first-order chi connectivity index (χ1) is 19.6. The molecule has 2 heterocycles. The van der Waals surface area contributed by atoms with Crippen LogP contribution >= 0.6 is 0 Å². The standard InChI is InChI=1S/C25H27B3N8O5/c1-40-13-20(37)29-8-9-36-12-15(11-30-36)16-4-3-5-17(22(16)41-2)31-18-10-19(32-23(38)14-6-7-14)34-35-21(18)24(39)33-25(26,27)28/h3-5,10-12,14H,6-9,13H2,1-2H3,(H,29,37)(H,33,39)(H2,31,32,34,38). The van der Waals surface area contributed by atoms with Gasteiger partial charge in [0.2, 0.25) is 11.8 Å². The molecule has 3 aromatic rings. The molecule has 0 atom stereocenters. The van der Waals surface area contributed by atoms with Gasteiger partial charge in [-0.2, -0.15) is 5.10 Å². The highest BCUT2D eigenvalue weighted by Gasteiger charge is 2.30. The van der Waals surface area contributed by atoms with E-state index in [9.17, 15) is 14.4 Å². The molecule has 206 valence electrons. The summed E-state index contributed by atoms with van der Waals surface area (Å²) in [6.07, 6.45) is 5.09. The molecule has 1 fully saturated rings. The maximum Gasteiger partial charge on any atom is 0.272 e. The molecule has 1 aromatic carbocycles. The summed E-state index contributed by atoms with van der Waals surface area (Å²) in [5, 5.41) is 21.1. The number of ether oxygens (including phenoxy) is 2. The van der Waals surface area contributed by atoms with Gasteiger partial charge in [0.15, 0.2) is 11.5 Å². The minimum Gasteiger partial charge on any atom is -0.494 e. The molecule has 13 nitrogen and oxygen atoms in total. The van der Waals surface area contributed by atoms with Gasteiger partial charge in [0, 0.05) is 43.0 Å². The van der Waals surface area contributed by atoms with E-state index in [2.05, 4.69) is 36.6 Å². The number of carbonyl (C=O) groups excluding carboxylic acids is 3. The number of aromatic nitrogens is 4. The Morgan fingerprint density at radius 2 is 1.90 bits per heavy atom. The zero-order valence-corrected chi connectivity index (χ0v) is 22.6. The lowest BCUT2D eigenvalue weighted by Gasteiger charge is -2.23. The van der Waals surface area contributed by atoms with Gasteiger partial charge in [-0.25, -0.2) is 0 Å². The summed E-state index contributed by atoms with van der Waals surface area (Å²) in [6.45, 7) is 0.798. The first-order valence-corrected chi connectivity index (χ1v) is 12.7. The summed E-state index contributed by atoms with van der Waals surface area (Å²) in [5.41, 5.74) is 1.94. The molecule has 0 bridgehead atoms. The van der Waals surface area contributed by atoms with Gasteiger partial charge in [-0.1, -0.05) is 17.4 Å². The Bertz CT molecular complexity index is 1420. The van der Waals surface area contributed by atoms with Crippen molar-refractivity contribution >= 4 is 58.5 Å². The number of amides is 3. The number of para-hydroxylation sites is 1. The third kappa shape index (κ3) is 8.10. The maximum atomic E-state index is 12.9. The number of methoxy groups -OCH3 is 2. The first kappa shape index (κ1) is 29.7. The molecule has 6 radical (unpaired) electrons. The Morgan fingerprint density at radius 3 is 2.59 bits per heavy atom. The van der Waals surface area contributed by atoms with Crippen LogP contribution in [-0.2, 0) is 20.9 Å². The quantitative estimate of drug-likeness (QED) is 0.215. The number of nitrogens with zero attached hydrogens (tertiary/aromatic N) is 4. The molecule has 1 aliphatic rings. The van der Waals surface area contributed by atoms with Crippen molar-refractivity contribution in [1.29, 1.82) is 0 Å². The number of anilines is 3. The largest absolute Gasteiger partial charge is 0.494 e. The summed E-state index contributed by atoms with van der Waals surface area (Å²) in [5.74, 6) is -0.664. The van der Waals surface area contributed by atoms with Crippen molar-refractivity contribution in [3.05, 3.63) is 42.4 Å². The van der Waals surface area contributed by atoms with Crippen LogP contribution in [0.1, 0.15) is 23.3 Å². The Balaban J connectivity index is 1.60. The second-order valence-corrected chi connectivity index (χ2v) is 9.43. The van der Waals surface area contributed by atoms with Gasteiger partial charge in [-0.05, 0) is 18.9 Å². The first-order valence-electron chi connectivity index (χ1n) is 12.7. The number of benzene rings is 1. The number of nitrogens with one attached hydrogen (secondary N) is 4. The Hall–Kier alpha value is -4.33. The highest BCUT2D eigenvalue weighted by molar-refractivity contribution is 6.60. The van der Waals surface area contributed by atoms with E-state index in [0.29, 0.717) is 30.1 Å². The van der Waals surface area contributed by atoms with Crippen molar-refractivity contribution in [3.8, 4) is 16.9 Å². The van der Waals surface area contributed by atoms with E-state index in [4.69, 9.17) is 33.0 Å². The number of hydrogen-bond acceptors (Lipinski definition) is 9. The van der Waals surface area contributed by atoms with Crippen LogP contribution in [-0.4, -0.2) is 93.8 Å². The smallest absolute Gasteiger partial charge is 0.272 e. The van der Waals surface area contributed by atoms with E-state index < -0.39 is 11.1 Å². The third-order valence-electron chi connectivity index (χ3n) is 5.91. The van der Waals surface area contributed by atoms with Crippen molar-refractivity contribution in [2.24, 2.45) is 5.92 Å². The highest BCUT2D eigenvalue weighted by Crippen LogP contribution is 2.38. The van der Waals surface area contributed by atoms with E-state index >= 15 is 0 Å². The van der Waals surface area contributed by atoms with Gasteiger partial charge < -0.3 is 30.7 Å². The van der Waals surface area contributed by atoms with Gasteiger partial charge in [-0.3, -0.25) is 19.1 Å². The molecular formula is C25H27B3N8O5. The molecular weight excluding hydrogens is 525 g/mol. The second kappa shape index (κ2) is 12.9. The summed E-state index contributed by atoms with van der Waals surface area (Å²) in [7, 11) is 19.6. The minimum atomic E-state index is -2.00. The molecule has 0 spiro atoms. The van der Waals surface area contributed by atoms with Crippen LogP contribution in [0.5, 0.6) is 5.75 Å². The van der Waals surface area contributed by atoms with Gasteiger partial charge in [0.25, 0.3) is 5.91 Å². The third-order valence-corrected chi connectivity index (χ3v) is 5.91. The predicted molar refractivity (Wildman–Crippen MR) is 153 cm³/mol. The average Bonchev–Trinajstić information content (AvgIpc) is 3.66. The lowest BCUT2D eigenvalue weighted by Crippen LogP contribution is -2.50. The van der Waals surface area contributed by atoms with Crippen LogP contribution in [0.25, 0.3) is 11.1 Å². The summed E-state index contributed by atoms with van der Waals surface area (Å²) >= 11 is 0. The van der Waals surface area contributed by atoms with Crippen molar-refractivity contribution in [2.45, 2.75) is 24.6 Å². The molecule has 0 aliphatic heterocycles. The fraction of sp³-hybridized carbons (Fsp3) is 0.360. The molecule has 1 saturated carbocycles. The monoisotopic (exact) mass is 552 g/mol. The highest BCUT2D eigenvalue weighted by atomic mass is 16.5. The van der Waals surface area contributed by atoms with E-state index in [-0.39, 0.29) is 41.5 Å². The molecule has 16 heteroatoms. The molecule has 4 N–H and O–H groups in total. The lowest BCUT2D eigenvalue weighted by atomic mass is 9.49. The van der Waals surface area contributed by atoms with Crippen LogP contribution in [0, 0.1) is 5.92 Å². The average molecular weight is 552 g/mol. The molecule has 0 saturated heterocycles. The van der Waals surface area contributed by atoms with Crippen LogP contribution in [0.2, 0.25) is 0 Å². The van der Waals surface area contributed by atoms with Crippen LogP contribution in [0.3, 0.4) is 0 Å². The summed E-state index contributed by atoms with van der Waals surface area (Å²) < 4.78 is 12.2. The normalized spacial score (nSPS) is 12.8. The molecule has 2 aromatic heterocycles. The SMILES string of the molecule is [B]C([B])([B])NC(=O)c1nnc(NC(=O)C2CC2)cc1Nc1cccc(-c2cnn(CCNC(=O)COC)c2)c1OC. The van der Waals surface area contributed by atoms with Gasteiger partial charge >= 0.3 is 0 Å². The van der Waals surface area contributed by atoms with Crippen molar-refractivity contribution in [3.63, 3.8) is 0 Å². The number of hydrogen-bond donors (Lipinski definition) is 4. The Morgan fingerprint density at radius 1 is 1.12 bits per heavy atom. The fourth-order valence-electron chi connectivity index (χ4n) is 3.89. The van der Waals surface area contributed by atoms with E-state index in [1.807, 2.05) is 12.3 Å². The van der Waals surface area contributed by atoms with Gasteiger partial charge in [0.05, 0.1) is 54.8 Å². The topological polar surface area (TPSA) is 161 Å². The van der Waals surface area contributed by atoms with Crippen LogP contribution < -0.4 is 26.0 Å². The summed E-state index contributed by atoms with van der Waals surface area (Å²) in [4.78, 5) is 36.8. The molecule has 1 aliphatic carbocycles. The number of carbonyl (C=O) groups is 3. The van der Waals surface area contributed by atoms with Gasteiger partial charge in [0.1, 0.15) is 12.4 Å². The van der Waals surface area contributed by atoms with Crippen molar-refractivity contribution in [2.75, 3.05) is 38.0 Å². The van der Waals surface area contributed by atoms with Crippen molar-refractivity contribution in [1.82, 2.24) is 30.6 Å². The Labute approximate surface area is 240 Å². The zero-order valence-electron chi connectivity index (χ0n) is 22.6. The maximum absolute atomic E-state index is 12.9. The van der Waals surface area contributed by atoms with Crippen LogP contribution in [0.15, 0.2) is 36.7 Å². The fourth-order valence-corrected chi connectivity index (χ4v) is 3.89. The number of rotatable bonds is 13. The Kier molecular flexibility index (Phi) is 9.33. The summed E-state index contributed by atoms with van der Waals surface area (Å²) in [6, 6.07) is 6.84. The van der Waals surface area contributed by atoms with Crippen molar-refractivity contribution < 1.29 is 23.9 Å². The predicted octanol–water partition coefficient (Wildman–Crippen LogP) is 0.0500. The van der Waals surface area contributed by atoms with E-state index in [1.165, 1.54) is 20.3 Å².